The number of ether oxygens (including phenoxy) is 2. The van der Waals surface area contributed by atoms with Gasteiger partial charge in [0.1, 0.15) is 13.2 Å². The lowest BCUT2D eigenvalue weighted by molar-refractivity contribution is 0.132. The standard InChI is InChI=1S/C22H19Cl2NO3/c1-26-21-10-7-17(11-22(21)27-14-16-5-3-2-4-6-16)13-25-28-15-18-8-9-19(23)12-20(18)24/h2-13H,14-15H2,1H3/b25-13-. The van der Waals surface area contributed by atoms with Crippen molar-refractivity contribution in [2.45, 2.75) is 13.2 Å². The van der Waals surface area contributed by atoms with E-state index in [9.17, 15) is 0 Å². The predicted octanol–water partition coefficient (Wildman–Crippen LogP) is 6.13. The second-order valence-electron chi connectivity index (χ2n) is 5.93. The molecule has 0 unspecified atom stereocenters. The van der Waals surface area contributed by atoms with Crippen LogP contribution in [0.2, 0.25) is 10.0 Å². The summed E-state index contributed by atoms with van der Waals surface area (Å²) in [5, 5.41) is 5.13. The maximum Gasteiger partial charge on any atom is 0.162 e. The molecule has 6 heteroatoms. The topological polar surface area (TPSA) is 40.0 Å². The summed E-state index contributed by atoms with van der Waals surface area (Å²) in [5.74, 6) is 1.29. The third-order valence-electron chi connectivity index (χ3n) is 3.94. The molecule has 144 valence electrons. The summed E-state index contributed by atoms with van der Waals surface area (Å²) < 4.78 is 11.3. The van der Waals surface area contributed by atoms with Crippen LogP contribution in [0, 0.1) is 0 Å². The summed E-state index contributed by atoms with van der Waals surface area (Å²) in [6, 6.07) is 20.7. The minimum absolute atomic E-state index is 0.250. The van der Waals surface area contributed by atoms with Gasteiger partial charge in [0.05, 0.1) is 13.3 Å². The Kier molecular flexibility index (Phi) is 7.18. The summed E-state index contributed by atoms with van der Waals surface area (Å²) in [4.78, 5) is 5.34. The number of nitrogens with zero attached hydrogens (tertiary/aromatic N) is 1. The Morgan fingerprint density at radius 2 is 1.71 bits per heavy atom. The van der Waals surface area contributed by atoms with E-state index >= 15 is 0 Å². The molecule has 28 heavy (non-hydrogen) atoms. The first-order chi connectivity index (χ1) is 13.7. The molecule has 0 heterocycles. The lowest BCUT2D eigenvalue weighted by Crippen LogP contribution is -1.98. The van der Waals surface area contributed by atoms with E-state index in [1.165, 1.54) is 0 Å². The van der Waals surface area contributed by atoms with E-state index in [0.717, 1.165) is 16.7 Å². The minimum atomic E-state index is 0.250. The molecule has 0 spiro atoms. The highest BCUT2D eigenvalue weighted by atomic mass is 35.5. The first kappa shape index (κ1) is 20.1. The van der Waals surface area contributed by atoms with E-state index in [4.69, 9.17) is 37.5 Å². The number of benzene rings is 3. The molecule has 3 aromatic carbocycles. The zero-order chi connectivity index (χ0) is 19.8. The summed E-state index contributed by atoms with van der Waals surface area (Å²) in [6.07, 6.45) is 1.61. The molecule has 0 N–H and O–H groups in total. The molecule has 0 aliphatic heterocycles. The smallest absolute Gasteiger partial charge is 0.162 e. The Hall–Kier alpha value is -2.69. The maximum absolute atomic E-state index is 6.12. The first-order valence-electron chi connectivity index (χ1n) is 8.60. The van der Waals surface area contributed by atoms with Gasteiger partial charge in [-0.25, -0.2) is 0 Å². The number of oxime groups is 1. The van der Waals surface area contributed by atoms with Crippen LogP contribution in [-0.2, 0) is 18.1 Å². The average molecular weight is 416 g/mol. The van der Waals surface area contributed by atoms with Gasteiger partial charge in [-0.1, -0.05) is 64.8 Å². The summed E-state index contributed by atoms with van der Waals surface area (Å²) in [7, 11) is 1.61. The predicted molar refractivity (Wildman–Crippen MR) is 113 cm³/mol. The van der Waals surface area contributed by atoms with Crippen molar-refractivity contribution < 1.29 is 14.3 Å². The molecule has 0 saturated carbocycles. The van der Waals surface area contributed by atoms with Gasteiger partial charge in [-0.15, -0.1) is 0 Å². The third kappa shape index (κ3) is 5.65. The Labute approximate surface area is 174 Å². The van der Waals surface area contributed by atoms with Crippen molar-refractivity contribution in [2.24, 2.45) is 5.16 Å². The van der Waals surface area contributed by atoms with E-state index in [1.54, 1.807) is 25.5 Å². The maximum atomic E-state index is 6.12. The largest absolute Gasteiger partial charge is 0.493 e. The van der Waals surface area contributed by atoms with E-state index < -0.39 is 0 Å². The highest BCUT2D eigenvalue weighted by molar-refractivity contribution is 6.35. The summed E-state index contributed by atoms with van der Waals surface area (Å²) >= 11 is 12.0. The van der Waals surface area contributed by atoms with Gasteiger partial charge in [0.15, 0.2) is 11.5 Å². The molecule has 0 fully saturated rings. The highest BCUT2D eigenvalue weighted by Crippen LogP contribution is 2.28. The number of methoxy groups -OCH3 is 1. The van der Waals surface area contributed by atoms with Crippen molar-refractivity contribution >= 4 is 29.4 Å². The van der Waals surface area contributed by atoms with Crippen molar-refractivity contribution in [3.8, 4) is 11.5 Å². The fourth-order valence-corrected chi connectivity index (χ4v) is 2.93. The number of hydrogen-bond donors (Lipinski definition) is 0. The van der Waals surface area contributed by atoms with Crippen molar-refractivity contribution in [3.05, 3.63) is 93.5 Å². The Bertz CT molecular complexity index is 946. The molecular weight excluding hydrogens is 397 g/mol. The average Bonchev–Trinajstić information content (AvgIpc) is 2.72. The van der Waals surface area contributed by atoms with Gasteiger partial charge in [-0.05, 0) is 35.9 Å². The van der Waals surface area contributed by atoms with E-state index in [2.05, 4.69) is 5.16 Å². The zero-order valence-corrected chi connectivity index (χ0v) is 16.8. The van der Waals surface area contributed by atoms with Crippen LogP contribution in [0.4, 0.5) is 0 Å². The van der Waals surface area contributed by atoms with Crippen molar-refractivity contribution in [1.29, 1.82) is 0 Å². The number of hydrogen-bond acceptors (Lipinski definition) is 4. The van der Waals surface area contributed by atoms with Gasteiger partial charge in [-0.3, -0.25) is 0 Å². The lowest BCUT2D eigenvalue weighted by Gasteiger charge is -2.11. The lowest BCUT2D eigenvalue weighted by atomic mass is 10.2. The molecule has 0 aliphatic rings. The van der Waals surface area contributed by atoms with Gasteiger partial charge >= 0.3 is 0 Å². The molecule has 0 bridgehead atoms. The molecule has 0 aliphatic carbocycles. The third-order valence-corrected chi connectivity index (χ3v) is 4.52. The molecule has 0 aromatic heterocycles. The Balaban J connectivity index is 1.62. The molecular formula is C22H19Cl2NO3. The molecule has 3 aromatic rings. The van der Waals surface area contributed by atoms with E-state index in [1.807, 2.05) is 54.6 Å². The van der Waals surface area contributed by atoms with E-state index in [-0.39, 0.29) is 6.61 Å². The van der Waals surface area contributed by atoms with Crippen molar-refractivity contribution in [2.75, 3.05) is 7.11 Å². The number of halogens is 2. The Morgan fingerprint density at radius 3 is 2.46 bits per heavy atom. The summed E-state index contributed by atoms with van der Waals surface area (Å²) in [5.41, 5.74) is 2.71. The minimum Gasteiger partial charge on any atom is -0.493 e. The van der Waals surface area contributed by atoms with Crippen LogP contribution in [0.1, 0.15) is 16.7 Å². The molecule has 0 radical (unpaired) electrons. The van der Waals surface area contributed by atoms with Gasteiger partial charge in [0, 0.05) is 21.2 Å². The van der Waals surface area contributed by atoms with Crippen LogP contribution >= 0.6 is 23.2 Å². The van der Waals surface area contributed by atoms with Gasteiger partial charge in [0.2, 0.25) is 0 Å². The van der Waals surface area contributed by atoms with Crippen LogP contribution in [0.15, 0.2) is 71.9 Å². The molecule has 0 amide bonds. The SMILES string of the molecule is COc1ccc(/C=N\OCc2ccc(Cl)cc2Cl)cc1OCc1ccccc1. The molecule has 0 saturated heterocycles. The fraction of sp³-hybridized carbons (Fsp3) is 0.136. The van der Waals surface area contributed by atoms with Gasteiger partial charge in [0.25, 0.3) is 0 Å². The van der Waals surface area contributed by atoms with Crippen LogP contribution in [0.3, 0.4) is 0 Å². The van der Waals surface area contributed by atoms with Crippen molar-refractivity contribution in [3.63, 3.8) is 0 Å². The quantitative estimate of drug-likeness (QED) is 0.328. The van der Waals surface area contributed by atoms with Crippen LogP contribution < -0.4 is 9.47 Å². The monoisotopic (exact) mass is 415 g/mol. The first-order valence-corrected chi connectivity index (χ1v) is 9.35. The highest BCUT2D eigenvalue weighted by Gasteiger charge is 2.06. The van der Waals surface area contributed by atoms with Gasteiger partial charge < -0.3 is 14.3 Å². The fourth-order valence-electron chi connectivity index (χ4n) is 2.47. The van der Waals surface area contributed by atoms with Gasteiger partial charge in [-0.2, -0.15) is 0 Å². The second kappa shape index (κ2) is 10.0. The van der Waals surface area contributed by atoms with Crippen LogP contribution in [0.5, 0.6) is 11.5 Å². The Morgan fingerprint density at radius 1 is 0.893 bits per heavy atom. The second-order valence-corrected chi connectivity index (χ2v) is 6.77. The van der Waals surface area contributed by atoms with E-state index in [0.29, 0.717) is 28.2 Å². The van der Waals surface area contributed by atoms with Crippen molar-refractivity contribution in [1.82, 2.24) is 0 Å². The summed E-state index contributed by atoms with van der Waals surface area (Å²) in [6.45, 7) is 0.698. The molecule has 0 atom stereocenters. The molecule has 3 rings (SSSR count). The normalized spacial score (nSPS) is 10.8. The molecule has 4 nitrogen and oxygen atoms in total. The zero-order valence-electron chi connectivity index (χ0n) is 15.3. The number of rotatable bonds is 8. The van der Waals surface area contributed by atoms with Crippen LogP contribution in [0.25, 0.3) is 0 Å². The van der Waals surface area contributed by atoms with Crippen LogP contribution in [-0.4, -0.2) is 13.3 Å².